The molecule has 0 bridgehead atoms. The van der Waals surface area contributed by atoms with Crippen LogP contribution in [0.1, 0.15) is 38.5 Å². The molecule has 98 valence electrons. The number of nitrogens with one attached hydrogen (secondary N) is 1. The summed E-state index contributed by atoms with van der Waals surface area (Å²) in [6.45, 7) is 2.51. The average molecular weight is 240 g/mol. The molecular formula is C13H24N2O2. The smallest absolute Gasteiger partial charge is 0.317 e. The number of carbonyl (C=O) groups excluding carboxylic acids is 1. The minimum absolute atomic E-state index is 0.0856. The van der Waals surface area contributed by atoms with Crippen LogP contribution >= 0.6 is 0 Å². The Hall–Kier alpha value is -0.770. The molecule has 1 saturated carbocycles. The Morgan fingerprint density at radius 2 is 2.06 bits per heavy atom. The van der Waals surface area contributed by atoms with E-state index in [0.717, 1.165) is 39.0 Å². The number of hydrogen-bond acceptors (Lipinski definition) is 2. The van der Waals surface area contributed by atoms with Crippen LogP contribution < -0.4 is 5.32 Å². The van der Waals surface area contributed by atoms with E-state index in [9.17, 15) is 4.79 Å². The van der Waals surface area contributed by atoms with E-state index < -0.39 is 0 Å². The lowest BCUT2D eigenvalue weighted by molar-refractivity contribution is 0.0456. The number of urea groups is 1. The van der Waals surface area contributed by atoms with Crippen molar-refractivity contribution in [3.8, 4) is 0 Å². The van der Waals surface area contributed by atoms with Crippen LogP contribution in [0.5, 0.6) is 0 Å². The summed E-state index contributed by atoms with van der Waals surface area (Å²) in [4.78, 5) is 13.8. The van der Waals surface area contributed by atoms with Crippen molar-refractivity contribution < 1.29 is 9.53 Å². The van der Waals surface area contributed by atoms with E-state index in [2.05, 4.69) is 5.32 Å². The molecule has 2 aliphatic rings. The topological polar surface area (TPSA) is 41.6 Å². The Kier molecular flexibility index (Phi) is 4.66. The standard InChI is InChI=1S/C13H24N2O2/c1-15(9-11-5-4-8-17-10-11)13(16)14-12-6-2-3-7-12/h11-12H,2-10H2,1H3,(H,14,16). The maximum absolute atomic E-state index is 11.9. The van der Waals surface area contributed by atoms with Crippen molar-refractivity contribution in [1.29, 1.82) is 0 Å². The molecule has 1 unspecified atom stereocenters. The van der Waals surface area contributed by atoms with Crippen molar-refractivity contribution in [2.45, 2.75) is 44.6 Å². The fourth-order valence-corrected chi connectivity index (χ4v) is 2.78. The SMILES string of the molecule is CN(CC1CCCOC1)C(=O)NC1CCCC1. The van der Waals surface area contributed by atoms with Crippen LogP contribution in [0.2, 0.25) is 0 Å². The van der Waals surface area contributed by atoms with Gasteiger partial charge in [0.05, 0.1) is 6.61 Å². The quantitative estimate of drug-likeness (QED) is 0.819. The number of carbonyl (C=O) groups is 1. The van der Waals surface area contributed by atoms with Gasteiger partial charge in [-0.2, -0.15) is 0 Å². The summed E-state index contributed by atoms with van der Waals surface area (Å²) >= 11 is 0. The van der Waals surface area contributed by atoms with E-state index in [1.165, 1.54) is 19.3 Å². The van der Waals surface area contributed by atoms with Crippen molar-refractivity contribution in [1.82, 2.24) is 10.2 Å². The second kappa shape index (κ2) is 6.24. The summed E-state index contributed by atoms with van der Waals surface area (Å²) in [5, 5.41) is 3.11. The van der Waals surface area contributed by atoms with E-state index in [1.54, 1.807) is 0 Å². The fraction of sp³-hybridized carbons (Fsp3) is 0.923. The second-order valence-electron chi connectivity index (χ2n) is 5.39. The van der Waals surface area contributed by atoms with Crippen LogP contribution in [0.25, 0.3) is 0 Å². The lowest BCUT2D eigenvalue weighted by Crippen LogP contribution is -2.44. The summed E-state index contributed by atoms with van der Waals surface area (Å²) in [5.41, 5.74) is 0. The van der Waals surface area contributed by atoms with Crippen LogP contribution in [0.3, 0.4) is 0 Å². The highest BCUT2D eigenvalue weighted by atomic mass is 16.5. The molecule has 17 heavy (non-hydrogen) atoms. The zero-order valence-electron chi connectivity index (χ0n) is 10.8. The summed E-state index contributed by atoms with van der Waals surface area (Å²) < 4.78 is 5.44. The first-order valence-corrected chi connectivity index (χ1v) is 6.85. The molecule has 2 rings (SSSR count). The lowest BCUT2D eigenvalue weighted by atomic mass is 10.0. The number of hydrogen-bond donors (Lipinski definition) is 1. The van der Waals surface area contributed by atoms with E-state index in [0.29, 0.717) is 12.0 Å². The van der Waals surface area contributed by atoms with Crippen LogP contribution in [-0.4, -0.2) is 43.8 Å². The predicted octanol–water partition coefficient (Wildman–Crippen LogP) is 2.00. The molecule has 1 atom stereocenters. The normalized spacial score (nSPS) is 25.8. The van der Waals surface area contributed by atoms with Crippen molar-refractivity contribution in [3.63, 3.8) is 0 Å². The van der Waals surface area contributed by atoms with Gasteiger partial charge in [-0.1, -0.05) is 12.8 Å². The molecule has 0 spiro atoms. The van der Waals surface area contributed by atoms with Crippen LogP contribution in [-0.2, 0) is 4.74 Å². The largest absolute Gasteiger partial charge is 0.381 e. The van der Waals surface area contributed by atoms with Gasteiger partial charge in [0.25, 0.3) is 0 Å². The van der Waals surface area contributed by atoms with Gasteiger partial charge in [-0.25, -0.2) is 4.79 Å². The third-order valence-corrected chi connectivity index (χ3v) is 3.82. The zero-order valence-corrected chi connectivity index (χ0v) is 10.8. The average Bonchev–Trinajstić information content (AvgIpc) is 2.83. The summed E-state index contributed by atoms with van der Waals surface area (Å²) in [5.74, 6) is 0.517. The van der Waals surface area contributed by atoms with Crippen LogP contribution in [0.4, 0.5) is 4.79 Å². The molecule has 1 heterocycles. The van der Waals surface area contributed by atoms with Gasteiger partial charge in [0, 0.05) is 32.2 Å². The maximum Gasteiger partial charge on any atom is 0.317 e. The van der Waals surface area contributed by atoms with E-state index in [4.69, 9.17) is 4.74 Å². The van der Waals surface area contributed by atoms with Crippen LogP contribution in [0.15, 0.2) is 0 Å². The Labute approximate surface area is 104 Å². The molecule has 2 amide bonds. The van der Waals surface area contributed by atoms with Gasteiger partial charge in [-0.05, 0) is 25.7 Å². The Balaban J connectivity index is 1.70. The number of ether oxygens (including phenoxy) is 1. The number of rotatable bonds is 3. The molecular weight excluding hydrogens is 216 g/mol. The maximum atomic E-state index is 11.9. The highest BCUT2D eigenvalue weighted by Crippen LogP contribution is 2.18. The third kappa shape index (κ3) is 3.87. The van der Waals surface area contributed by atoms with Crippen LogP contribution in [0, 0.1) is 5.92 Å². The molecule has 0 radical (unpaired) electrons. The first-order chi connectivity index (χ1) is 8.25. The van der Waals surface area contributed by atoms with Gasteiger partial charge >= 0.3 is 6.03 Å². The Morgan fingerprint density at radius 1 is 1.29 bits per heavy atom. The summed E-state index contributed by atoms with van der Waals surface area (Å²) in [7, 11) is 1.89. The molecule has 1 aliphatic carbocycles. The van der Waals surface area contributed by atoms with Gasteiger partial charge in [0.1, 0.15) is 0 Å². The van der Waals surface area contributed by atoms with Gasteiger partial charge in [-0.15, -0.1) is 0 Å². The molecule has 4 nitrogen and oxygen atoms in total. The number of nitrogens with zero attached hydrogens (tertiary/aromatic N) is 1. The zero-order chi connectivity index (χ0) is 12.1. The molecule has 4 heteroatoms. The highest BCUT2D eigenvalue weighted by molar-refractivity contribution is 5.74. The highest BCUT2D eigenvalue weighted by Gasteiger charge is 2.22. The van der Waals surface area contributed by atoms with E-state index in [1.807, 2.05) is 11.9 Å². The first kappa shape index (κ1) is 12.7. The molecule has 1 aliphatic heterocycles. The summed E-state index contributed by atoms with van der Waals surface area (Å²) in [6, 6.07) is 0.495. The molecule has 0 aromatic heterocycles. The van der Waals surface area contributed by atoms with E-state index in [-0.39, 0.29) is 6.03 Å². The minimum atomic E-state index is 0.0856. The number of amides is 2. The Bertz CT molecular complexity index is 246. The molecule has 2 fully saturated rings. The third-order valence-electron chi connectivity index (χ3n) is 3.82. The van der Waals surface area contributed by atoms with Gasteiger partial charge in [0.2, 0.25) is 0 Å². The van der Waals surface area contributed by atoms with Crippen molar-refractivity contribution in [2.24, 2.45) is 5.92 Å². The lowest BCUT2D eigenvalue weighted by Gasteiger charge is -2.28. The predicted molar refractivity (Wildman–Crippen MR) is 67.0 cm³/mol. The van der Waals surface area contributed by atoms with Crippen molar-refractivity contribution in [3.05, 3.63) is 0 Å². The van der Waals surface area contributed by atoms with Gasteiger partial charge in [0.15, 0.2) is 0 Å². The fourth-order valence-electron chi connectivity index (χ4n) is 2.78. The minimum Gasteiger partial charge on any atom is -0.381 e. The van der Waals surface area contributed by atoms with Crippen molar-refractivity contribution >= 4 is 6.03 Å². The second-order valence-corrected chi connectivity index (χ2v) is 5.39. The molecule has 0 aromatic carbocycles. The summed E-state index contributed by atoms with van der Waals surface area (Å²) in [6.07, 6.45) is 7.11. The first-order valence-electron chi connectivity index (χ1n) is 6.85. The van der Waals surface area contributed by atoms with Gasteiger partial charge < -0.3 is 15.0 Å². The molecule has 1 saturated heterocycles. The van der Waals surface area contributed by atoms with Gasteiger partial charge in [-0.3, -0.25) is 0 Å². The van der Waals surface area contributed by atoms with Crippen molar-refractivity contribution in [2.75, 3.05) is 26.8 Å². The molecule has 1 N–H and O–H groups in total. The van der Waals surface area contributed by atoms with E-state index >= 15 is 0 Å². The molecule has 0 aromatic rings. The monoisotopic (exact) mass is 240 g/mol. The Morgan fingerprint density at radius 3 is 2.71 bits per heavy atom.